The molecule has 122 valence electrons. The summed E-state index contributed by atoms with van der Waals surface area (Å²) in [5.74, 6) is 0. The van der Waals surface area contributed by atoms with Gasteiger partial charge in [0.1, 0.15) is 0 Å². The van der Waals surface area contributed by atoms with Gasteiger partial charge in [0.15, 0.2) is 0 Å². The zero-order chi connectivity index (χ0) is 16.2. The molecular weight excluding hydrogens is 330 g/mol. The van der Waals surface area contributed by atoms with Crippen molar-refractivity contribution >= 4 is 33.3 Å². The second kappa shape index (κ2) is 7.28. The first-order valence-corrected chi connectivity index (χ1v) is 8.94. The zero-order valence-electron chi connectivity index (χ0n) is 12.1. The van der Waals surface area contributed by atoms with Gasteiger partial charge >= 0.3 is 6.03 Å². The fourth-order valence-electron chi connectivity index (χ4n) is 2.07. The maximum Gasteiger partial charge on any atom is 0.319 e. The van der Waals surface area contributed by atoms with Crippen molar-refractivity contribution in [3.63, 3.8) is 0 Å². The smallest absolute Gasteiger partial charge is 0.319 e. The first-order valence-electron chi connectivity index (χ1n) is 6.72. The SMILES string of the molecule is CS(=O)(=O)N1CCO[C@H](CNC(=O)Nc2cccc(Cl)c2)C1. The van der Waals surface area contributed by atoms with Gasteiger partial charge in [0.05, 0.1) is 19.0 Å². The summed E-state index contributed by atoms with van der Waals surface area (Å²) >= 11 is 5.83. The van der Waals surface area contributed by atoms with Gasteiger partial charge in [-0.15, -0.1) is 0 Å². The maximum absolute atomic E-state index is 11.8. The second-order valence-electron chi connectivity index (χ2n) is 4.96. The van der Waals surface area contributed by atoms with E-state index in [9.17, 15) is 13.2 Å². The fraction of sp³-hybridized carbons (Fsp3) is 0.462. The average Bonchev–Trinajstić information content (AvgIpc) is 2.45. The van der Waals surface area contributed by atoms with Crippen molar-refractivity contribution in [1.29, 1.82) is 0 Å². The number of nitrogens with one attached hydrogen (secondary N) is 2. The van der Waals surface area contributed by atoms with Crippen LogP contribution in [0.1, 0.15) is 0 Å². The molecule has 1 aromatic rings. The molecule has 0 bridgehead atoms. The Hall–Kier alpha value is -1.35. The minimum absolute atomic E-state index is 0.221. The minimum Gasteiger partial charge on any atom is -0.374 e. The Morgan fingerprint density at radius 2 is 2.27 bits per heavy atom. The number of hydrogen-bond acceptors (Lipinski definition) is 4. The van der Waals surface area contributed by atoms with Gasteiger partial charge in [-0.3, -0.25) is 0 Å². The minimum atomic E-state index is -3.24. The molecule has 2 N–H and O–H groups in total. The number of anilines is 1. The van der Waals surface area contributed by atoms with E-state index in [1.807, 2.05) is 0 Å². The number of halogens is 1. The van der Waals surface area contributed by atoms with Crippen LogP contribution >= 0.6 is 11.6 Å². The number of rotatable bonds is 4. The number of carbonyl (C=O) groups excluding carboxylic acids is 1. The molecule has 2 amide bonds. The molecule has 0 radical (unpaired) electrons. The van der Waals surface area contributed by atoms with Crippen LogP contribution in [0.2, 0.25) is 5.02 Å². The van der Waals surface area contributed by atoms with Crippen LogP contribution in [-0.4, -0.2) is 57.4 Å². The third kappa shape index (κ3) is 5.13. The van der Waals surface area contributed by atoms with E-state index in [-0.39, 0.29) is 19.2 Å². The van der Waals surface area contributed by atoms with Gasteiger partial charge in [-0.1, -0.05) is 17.7 Å². The summed E-state index contributed by atoms with van der Waals surface area (Å²) < 4.78 is 29.8. The Morgan fingerprint density at radius 1 is 1.50 bits per heavy atom. The number of urea groups is 1. The molecule has 0 aromatic heterocycles. The molecule has 1 fully saturated rings. The topological polar surface area (TPSA) is 87.7 Å². The highest BCUT2D eigenvalue weighted by atomic mass is 35.5. The molecule has 0 saturated carbocycles. The monoisotopic (exact) mass is 347 g/mol. The van der Waals surface area contributed by atoms with Crippen LogP contribution in [0.5, 0.6) is 0 Å². The highest BCUT2D eigenvalue weighted by molar-refractivity contribution is 7.88. The van der Waals surface area contributed by atoms with Gasteiger partial charge in [-0.2, -0.15) is 4.31 Å². The summed E-state index contributed by atoms with van der Waals surface area (Å²) in [4.78, 5) is 11.8. The van der Waals surface area contributed by atoms with Crippen molar-refractivity contribution in [3.8, 4) is 0 Å². The molecule has 1 aromatic carbocycles. The van der Waals surface area contributed by atoms with Crippen LogP contribution in [0, 0.1) is 0 Å². The highest BCUT2D eigenvalue weighted by Crippen LogP contribution is 2.14. The van der Waals surface area contributed by atoms with E-state index in [2.05, 4.69) is 10.6 Å². The number of ether oxygens (including phenoxy) is 1. The third-order valence-corrected chi connectivity index (χ3v) is 4.65. The van der Waals surface area contributed by atoms with E-state index < -0.39 is 16.1 Å². The van der Waals surface area contributed by atoms with Crippen molar-refractivity contribution in [2.24, 2.45) is 0 Å². The Balaban J connectivity index is 1.81. The molecule has 0 unspecified atom stereocenters. The molecular formula is C13H18ClN3O4S. The number of amides is 2. The summed E-state index contributed by atoms with van der Waals surface area (Å²) in [6, 6.07) is 6.38. The average molecular weight is 348 g/mol. The number of hydrogen-bond donors (Lipinski definition) is 2. The fourth-order valence-corrected chi connectivity index (χ4v) is 3.10. The highest BCUT2D eigenvalue weighted by Gasteiger charge is 2.26. The molecule has 1 heterocycles. The second-order valence-corrected chi connectivity index (χ2v) is 7.38. The normalized spacial score (nSPS) is 19.6. The number of sulfonamides is 1. The summed E-state index contributed by atoms with van der Waals surface area (Å²) in [7, 11) is -3.24. The first-order chi connectivity index (χ1) is 10.3. The molecule has 22 heavy (non-hydrogen) atoms. The number of carbonyl (C=O) groups is 1. The standard InChI is InChI=1S/C13H18ClN3O4S/c1-22(19,20)17-5-6-21-12(9-17)8-15-13(18)16-11-4-2-3-10(14)7-11/h2-4,7,12H,5-6,8-9H2,1H3,(H2,15,16,18)/t12-/m1/s1. The lowest BCUT2D eigenvalue weighted by atomic mass is 10.3. The molecule has 2 rings (SSSR count). The van der Waals surface area contributed by atoms with Crippen LogP contribution < -0.4 is 10.6 Å². The van der Waals surface area contributed by atoms with Crippen molar-refractivity contribution in [3.05, 3.63) is 29.3 Å². The Bertz CT molecular complexity index is 638. The first kappa shape index (κ1) is 17.0. The van der Waals surface area contributed by atoms with Crippen LogP contribution in [0.3, 0.4) is 0 Å². The molecule has 1 saturated heterocycles. The maximum atomic E-state index is 11.8. The third-order valence-electron chi connectivity index (χ3n) is 3.14. The van der Waals surface area contributed by atoms with Gasteiger partial charge in [0.25, 0.3) is 0 Å². The lowest BCUT2D eigenvalue weighted by Gasteiger charge is -2.31. The van der Waals surface area contributed by atoms with E-state index in [4.69, 9.17) is 16.3 Å². The number of nitrogens with zero attached hydrogens (tertiary/aromatic N) is 1. The quantitative estimate of drug-likeness (QED) is 0.854. The largest absolute Gasteiger partial charge is 0.374 e. The van der Waals surface area contributed by atoms with E-state index in [1.165, 1.54) is 4.31 Å². The Labute approximate surface area is 134 Å². The van der Waals surface area contributed by atoms with Crippen molar-refractivity contribution < 1.29 is 17.9 Å². The number of benzene rings is 1. The summed E-state index contributed by atoms with van der Waals surface area (Å²) in [5, 5.41) is 5.82. The predicted molar refractivity (Wildman–Crippen MR) is 84.6 cm³/mol. The predicted octanol–water partition coefficient (Wildman–Crippen LogP) is 1.12. The van der Waals surface area contributed by atoms with Crippen LogP contribution in [0.25, 0.3) is 0 Å². The molecule has 1 aliphatic rings. The molecule has 0 aliphatic carbocycles. The van der Waals surface area contributed by atoms with E-state index in [1.54, 1.807) is 24.3 Å². The number of morpholine rings is 1. The molecule has 1 aliphatic heterocycles. The van der Waals surface area contributed by atoms with Crippen molar-refractivity contribution in [2.45, 2.75) is 6.10 Å². The lowest BCUT2D eigenvalue weighted by Crippen LogP contribution is -2.49. The van der Waals surface area contributed by atoms with E-state index in [0.717, 1.165) is 6.26 Å². The summed E-state index contributed by atoms with van der Waals surface area (Å²) in [6.07, 6.45) is 0.794. The van der Waals surface area contributed by atoms with Gasteiger partial charge in [-0.25, -0.2) is 13.2 Å². The van der Waals surface area contributed by atoms with Gasteiger partial charge in [0.2, 0.25) is 10.0 Å². The van der Waals surface area contributed by atoms with E-state index >= 15 is 0 Å². The van der Waals surface area contributed by atoms with Gasteiger partial charge in [-0.05, 0) is 18.2 Å². The van der Waals surface area contributed by atoms with Crippen LogP contribution in [0.15, 0.2) is 24.3 Å². The van der Waals surface area contributed by atoms with E-state index in [0.29, 0.717) is 23.9 Å². The Kier molecular flexibility index (Phi) is 5.63. The molecule has 0 spiro atoms. The molecule has 7 nitrogen and oxygen atoms in total. The van der Waals surface area contributed by atoms with Crippen LogP contribution in [0.4, 0.5) is 10.5 Å². The molecule has 1 atom stereocenters. The van der Waals surface area contributed by atoms with Gasteiger partial charge in [0, 0.05) is 30.3 Å². The van der Waals surface area contributed by atoms with Crippen molar-refractivity contribution in [2.75, 3.05) is 37.8 Å². The Morgan fingerprint density at radius 3 is 2.95 bits per heavy atom. The summed E-state index contributed by atoms with van der Waals surface area (Å²) in [6.45, 7) is 1.11. The molecule has 9 heteroatoms. The van der Waals surface area contributed by atoms with Crippen molar-refractivity contribution in [1.82, 2.24) is 9.62 Å². The zero-order valence-corrected chi connectivity index (χ0v) is 13.7. The van der Waals surface area contributed by atoms with Crippen LogP contribution in [-0.2, 0) is 14.8 Å². The van der Waals surface area contributed by atoms with Gasteiger partial charge < -0.3 is 15.4 Å². The summed E-state index contributed by atoms with van der Waals surface area (Å²) in [5.41, 5.74) is 0.576. The lowest BCUT2D eigenvalue weighted by molar-refractivity contribution is 0.00167.